The van der Waals surface area contributed by atoms with E-state index in [1.807, 2.05) is 6.92 Å². The third-order valence-corrected chi connectivity index (χ3v) is 6.27. The molecule has 0 aliphatic rings. The minimum absolute atomic E-state index is 0.0582. The molecule has 0 fully saturated rings. The van der Waals surface area contributed by atoms with Crippen LogP contribution in [0.5, 0.6) is 0 Å². The second kappa shape index (κ2) is 9.18. The zero-order valence-electron chi connectivity index (χ0n) is 16.4. The van der Waals surface area contributed by atoms with Crippen molar-refractivity contribution in [1.82, 2.24) is 9.55 Å². The number of thioether (sulfide) groups is 1. The monoisotopic (exact) mass is 473 g/mol. The SMILES string of the molecule is Cc1c(Cl)cccc1NC(=O)CSc1nc2cc(Cl)ccc2c(=O)n1Cc1ccco1. The highest BCUT2D eigenvalue weighted by Crippen LogP contribution is 2.24. The van der Waals surface area contributed by atoms with Gasteiger partial charge in [-0.2, -0.15) is 0 Å². The number of carbonyl (C=O) groups is 1. The van der Waals surface area contributed by atoms with Gasteiger partial charge in [0, 0.05) is 15.7 Å². The van der Waals surface area contributed by atoms with Gasteiger partial charge in [-0.15, -0.1) is 0 Å². The van der Waals surface area contributed by atoms with Crippen molar-refractivity contribution in [2.24, 2.45) is 0 Å². The predicted octanol–water partition coefficient (Wildman–Crippen LogP) is 5.38. The van der Waals surface area contributed by atoms with Crippen LogP contribution in [0.25, 0.3) is 10.9 Å². The summed E-state index contributed by atoms with van der Waals surface area (Å²) >= 11 is 13.4. The summed E-state index contributed by atoms with van der Waals surface area (Å²) in [5.74, 6) is 0.432. The molecule has 0 saturated carbocycles. The van der Waals surface area contributed by atoms with E-state index in [0.29, 0.717) is 37.6 Å². The van der Waals surface area contributed by atoms with Crippen molar-refractivity contribution in [1.29, 1.82) is 0 Å². The zero-order chi connectivity index (χ0) is 22.0. The zero-order valence-corrected chi connectivity index (χ0v) is 18.7. The van der Waals surface area contributed by atoms with E-state index in [0.717, 1.165) is 17.3 Å². The van der Waals surface area contributed by atoms with Crippen molar-refractivity contribution >= 4 is 57.5 Å². The molecule has 1 amide bonds. The summed E-state index contributed by atoms with van der Waals surface area (Å²) in [4.78, 5) is 30.3. The van der Waals surface area contributed by atoms with Crippen LogP contribution in [0, 0.1) is 6.92 Å². The lowest BCUT2D eigenvalue weighted by atomic mass is 10.2. The summed E-state index contributed by atoms with van der Waals surface area (Å²) in [6.07, 6.45) is 1.54. The first-order valence-corrected chi connectivity index (χ1v) is 11.1. The Labute approximate surface area is 192 Å². The lowest BCUT2D eigenvalue weighted by Gasteiger charge is -2.13. The molecule has 2 heterocycles. The van der Waals surface area contributed by atoms with Crippen molar-refractivity contribution in [2.45, 2.75) is 18.6 Å². The lowest BCUT2D eigenvalue weighted by molar-refractivity contribution is -0.113. The quantitative estimate of drug-likeness (QED) is 0.300. The summed E-state index contributed by atoms with van der Waals surface area (Å²) < 4.78 is 6.90. The van der Waals surface area contributed by atoms with Crippen LogP contribution >= 0.6 is 35.0 Å². The molecule has 2 aromatic carbocycles. The van der Waals surface area contributed by atoms with E-state index in [-0.39, 0.29) is 23.8 Å². The van der Waals surface area contributed by atoms with Gasteiger partial charge < -0.3 is 9.73 Å². The van der Waals surface area contributed by atoms with Gasteiger partial charge >= 0.3 is 0 Å². The minimum atomic E-state index is -0.236. The lowest BCUT2D eigenvalue weighted by Crippen LogP contribution is -2.24. The first kappa shape index (κ1) is 21.5. The molecule has 4 aromatic rings. The number of benzene rings is 2. The molecule has 6 nitrogen and oxygen atoms in total. The van der Waals surface area contributed by atoms with Crippen molar-refractivity contribution < 1.29 is 9.21 Å². The van der Waals surface area contributed by atoms with Gasteiger partial charge in [0.15, 0.2) is 5.16 Å². The molecule has 0 aliphatic heterocycles. The van der Waals surface area contributed by atoms with Crippen LogP contribution in [0.4, 0.5) is 5.69 Å². The smallest absolute Gasteiger partial charge is 0.262 e. The van der Waals surface area contributed by atoms with Gasteiger partial charge in [0.25, 0.3) is 5.56 Å². The molecule has 0 spiro atoms. The summed E-state index contributed by atoms with van der Waals surface area (Å²) in [6, 6.07) is 13.8. The fraction of sp³-hybridized carbons (Fsp3) is 0.136. The van der Waals surface area contributed by atoms with Gasteiger partial charge in [-0.3, -0.25) is 14.2 Å². The Morgan fingerprint density at radius 2 is 2.03 bits per heavy atom. The molecule has 0 bridgehead atoms. The molecule has 0 saturated heterocycles. The molecular formula is C22H17Cl2N3O3S. The molecule has 9 heteroatoms. The Bertz CT molecular complexity index is 1320. The number of aromatic nitrogens is 2. The molecule has 4 rings (SSSR count). The highest BCUT2D eigenvalue weighted by molar-refractivity contribution is 7.99. The number of anilines is 1. The second-order valence-corrected chi connectivity index (χ2v) is 8.56. The van der Waals surface area contributed by atoms with Crippen molar-refractivity contribution in [3.63, 3.8) is 0 Å². The number of furan rings is 1. The number of rotatable bonds is 6. The van der Waals surface area contributed by atoms with Crippen LogP contribution in [0.15, 0.2) is 69.2 Å². The first-order chi connectivity index (χ1) is 14.9. The highest BCUT2D eigenvalue weighted by Gasteiger charge is 2.15. The van der Waals surface area contributed by atoms with E-state index >= 15 is 0 Å². The Balaban J connectivity index is 1.63. The molecule has 31 heavy (non-hydrogen) atoms. The molecule has 0 atom stereocenters. The standard InChI is InChI=1S/C22H17Cl2N3O3S/c1-13-17(24)5-2-6-18(13)25-20(28)12-31-22-26-19-10-14(23)7-8-16(19)21(29)27(22)11-15-4-3-9-30-15/h2-10H,11-12H2,1H3,(H,25,28). The van der Waals surface area contributed by atoms with Crippen LogP contribution in [-0.4, -0.2) is 21.2 Å². The molecule has 2 aromatic heterocycles. The van der Waals surface area contributed by atoms with Crippen LogP contribution in [0.2, 0.25) is 10.0 Å². The molecule has 1 N–H and O–H groups in total. The maximum atomic E-state index is 13.1. The summed E-state index contributed by atoms with van der Waals surface area (Å²) in [6.45, 7) is 2.04. The molecule has 158 valence electrons. The van der Waals surface area contributed by atoms with E-state index < -0.39 is 0 Å². The number of nitrogens with zero attached hydrogens (tertiary/aromatic N) is 2. The third kappa shape index (κ3) is 4.79. The summed E-state index contributed by atoms with van der Waals surface area (Å²) in [7, 11) is 0. The van der Waals surface area contributed by atoms with Crippen LogP contribution < -0.4 is 10.9 Å². The summed E-state index contributed by atoms with van der Waals surface area (Å²) in [5, 5.41) is 4.74. The van der Waals surface area contributed by atoms with Crippen LogP contribution in [0.3, 0.4) is 0 Å². The number of hydrogen-bond donors (Lipinski definition) is 1. The number of halogens is 2. The Morgan fingerprint density at radius 1 is 1.19 bits per heavy atom. The van der Waals surface area contributed by atoms with E-state index in [1.54, 1.807) is 54.8 Å². The molecular weight excluding hydrogens is 457 g/mol. The Morgan fingerprint density at radius 3 is 2.81 bits per heavy atom. The number of nitrogens with one attached hydrogen (secondary N) is 1. The van der Waals surface area contributed by atoms with Gasteiger partial charge in [-0.05, 0) is 55.0 Å². The fourth-order valence-electron chi connectivity index (χ4n) is 3.04. The number of hydrogen-bond acceptors (Lipinski definition) is 5. The molecule has 0 radical (unpaired) electrons. The average molecular weight is 474 g/mol. The first-order valence-electron chi connectivity index (χ1n) is 9.32. The van der Waals surface area contributed by atoms with E-state index in [1.165, 1.54) is 4.57 Å². The highest BCUT2D eigenvalue weighted by atomic mass is 35.5. The third-order valence-electron chi connectivity index (χ3n) is 4.65. The maximum Gasteiger partial charge on any atom is 0.262 e. The van der Waals surface area contributed by atoms with Gasteiger partial charge in [0.05, 0.1) is 29.5 Å². The van der Waals surface area contributed by atoms with Gasteiger partial charge in [0.1, 0.15) is 5.76 Å². The Hall–Kier alpha value is -2.74. The number of fused-ring (bicyclic) bond motifs is 1. The van der Waals surface area contributed by atoms with Gasteiger partial charge in [-0.25, -0.2) is 4.98 Å². The topological polar surface area (TPSA) is 77.1 Å². The van der Waals surface area contributed by atoms with Crippen molar-refractivity contribution in [2.75, 3.05) is 11.1 Å². The van der Waals surface area contributed by atoms with Crippen molar-refractivity contribution in [3.8, 4) is 0 Å². The van der Waals surface area contributed by atoms with Gasteiger partial charge in [-0.1, -0.05) is 41.0 Å². The average Bonchev–Trinajstić information content (AvgIpc) is 3.25. The number of carbonyl (C=O) groups excluding carboxylic acids is 1. The van der Waals surface area contributed by atoms with Crippen LogP contribution in [0.1, 0.15) is 11.3 Å². The predicted molar refractivity (Wildman–Crippen MR) is 124 cm³/mol. The fourth-order valence-corrected chi connectivity index (χ4v) is 4.18. The molecule has 0 unspecified atom stereocenters. The summed E-state index contributed by atoms with van der Waals surface area (Å²) in [5.41, 5.74) is 1.67. The van der Waals surface area contributed by atoms with Crippen LogP contribution in [-0.2, 0) is 11.3 Å². The van der Waals surface area contributed by atoms with E-state index in [2.05, 4.69) is 10.3 Å². The van der Waals surface area contributed by atoms with E-state index in [4.69, 9.17) is 27.6 Å². The largest absolute Gasteiger partial charge is 0.467 e. The minimum Gasteiger partial charge on any atom is -0.467 e. The van der Waals surface area contributed by atoms with Gasteiger partial charge in [0.2, 0.25) is 5.91 Å². The van der Waals surface area contributed by atoms with Crippen molar-refractivity contribution in [3.05, 3.63) is 86.5 Å². The normalized spacial score (nSPS) is 11.1. The number of amides is 1. The second-order valence-electron chi connectivity index (χ2n) is 6.78. The maximum absolute atomic E-state index is 13.1. The molecule has 0 aliphatic carbocycles. The Kier molecular flexibility index (Phi) is 6.36. The van der Waals surface area contributed by atoms with E-state index in [9.17, 15) is 9.59 Å².